The molecule has 3 aromatic rings. The van der Waals surface area contributed by atoms with Crippen LogP contribution in [0.25, 0.3) is 10.8 Å². The smallest absolute Gasteiger partial charge is 0.125 e. The van der Waals surface area contributed by atoms with Gasteiger partial charge in [0, 0.05) is 5.56 Å². The van der Waals surface area contributed by atoms with E-state index in [0.29, 0.717) is 5.75 Å². The van der Waals surface area contributed by atoms with Crippen LogP contribution in [0.4, 0.5) is 0 Å². The fourth-order valence-corrected chi connectivity index (χ4v) is 2.82. The third kappa shape index (κ3) is 3.06. The van der Waals surface area contributed by atoms with Gasteiger partial charge in [0.25, 0.3) is 0 Å². The Kier molecular flexibility index (Phi) is 3.89. The van der Waals surface area contributed by atoms with Crippen molar-refractivity contribution in [3.8, 4) is 5.75 Å². The summed E-state index contributed by atoms with van der Waals surface area (Å²) < 4.78 is 0. The Balaban J connectivity index is 1.86. The van der Waals surface area contributed by atoms with E-state index >= 15 is 0 Å². The van der Waals surface area contributed by atoms with Crippen LogP contribution in [0.2, 0.25) is 0 Å². The maximum absolute atomic E-state index is 10.2. The molecule has 3 rings (SSSR count). The molecule has 2 nitrogen and oxygen atoms in total. The number of rotatable bonds is 4. The Morgan fingerprint density at radius 2 is 1.52 bits per heavy atom. The van der Waals surface area contributed by atoms with Gasteiger partial charge >= 0.3 is 0 Å². The van der Waals surface area contributed by atoms with Crippen LogP contribution in [0.15, 0.2) is 66.7 Å². The van der Waals surface area contributed by atoms with Gasteiger partial charge in [0.15, 0.2) is 0 Å². The SMILES string of the molecule is C[NH+](Cc1ccccc1)Cc1c(O)ccc2ccccc12. The average molecular weight is 278 g/mol. The van der Waals surface area contributed by atoms with E-state index in [1.54, 1.807) is 6.07 Å². The lowest BCUT2D eigenvalue weighted by molar-refractivity contribution is -0.907. The summed E-state index contributed by atoms with van der Waals surface area (Å²) in [6.07, 6.45) is 0. The molecule has 0 aliphatic carbocycles. The Hall–Kier alpha value is -2.32. The van der Waals surface area contributed by atoms with E-state index in [1.807, 2.05) is 24.3 Å². The predicted octanol–water partition coefficient (Wildman–Crippen LogP) is 2.76. The summed E-state index contributed by atoms with van der Waals surface area (Å²) in [5, 5.41) is 12.5. The third-order valence-corrected chi connectivity index (χ3v) is 3.84. The number of phenols is 1. The van der Waals surface area contributed by atoms with Crippen LogP contribution in [0, 0.1) is 0 Å². The lowest BCUT2D eigenvalue weighted by Gasteiger charge is -2.16. The molecule has 1 unspecified atom stereocenters. The van der Waals surface area contributed by atoms with E-state index in [1.165, 1.54) is 15.8 Å². The quantitative estimate of drug-likeness (QED) is 0.753. The van der Waals surface area contributed by atoms with Gasteiger partial charge in [0.2, 0.25) is 0 Å². The van der Waals surface area contributed by atoms with Crippen molar-refractivity contribution in [2.75, 3.05) is 7.05 Å². The highest BCUT2D eigenvalue weighted by Crippen LogP contribution is 2.26. The topological polar surface area (TPSA) is 24.7 Å². The van der Waals surface area contributed by atoms with Crippen molar-refractivity contribution in [1.82, 2.24) is 0 Å². The number of aromatic hydroxyl groups is 1. The van der Waals surface area contributed by atoms with Gasteiger partial charge in [0.05, 0.1) is 12.6 Å². The Morgan fingerprint density at radius 1 is 0.810 bits per heavy atom. The summed E-state index contributed by atoms with van der Waals surface area (Å²) in [4.78, 5) is 1.35. The molecule has 0 aliphatic heterocycles. The Bertz CT molecular complexity index is 737. The highest BCUT2D eigenvalue weighted by molar-refractivity contribution is 5.87. The second kappa shape index (κ2) is 5.98. The van der Waals surface area contributed by atoms with Gasteiger partial charge in [-0.05, 0) is 16.8 Å². The van der Waals surface area contributed by atoms with Gasteiger partial charge in [-0.15, -0.1) is 0 Å². The molecule has 1 atom stereocenters. The van der Waals surface area contributed by atoms with E-state index in [9.17, 15) is 5.11 Å². The van der Waals surface area contributed by atoms with Crippen molar-refractivity contribution in [1.29, 1.82) is 0 Å². The number of phenolic OH excluding ortho intramolecular Hbond substituents is 1. The van der Waals surface area contributed by atoms with Gasteiger partial charge < -0.3 is 10.0 Å². The van der Waals surface area contributed by atoms with Gasteiger partial charge in [-0.3, -0.25) is 0 Å². The number of benzene rings is 3. The molecule has 0 spiro atoms. The molecule has 21 heavy (non-hydrogen) atoms. The van der Waals surface area contributed by atoms with Crippen molar-refractivity contribution in [3.63, 3.8) is 0 Å². The Morgan fingerprint density at radius 3 is 2.33 bits per heavy atom. The minimum Gasteiger partial charge on any atom is -0.507 e. The number of hydrogen-bond acceptors (Lipinski definition) is 1. The fraction of sp³-hybridized carbons (Fsp3) is 0.158. The lowest BCUT2D eigenvalue weighted by atomic mass is 10.0. The first kappa shape index (κ1) is 13.7. The van der Waals surface area contributed by atoms with Crippen molar-refractivity contribution in [2.24, 2.45) is 0 Å². The van der Waals surface area contributed by atoms with E-state index in [-0.39, 0.29) is 0 Å². The molecule has 3 aromatic carbocycles. The number of fused-ring (bicyclic) bond motifs is 1. The molecule has 2 heteroatoms. The number of hydrogen-bond donors (Lipinski definition) is 2. The first-order chi connectivity index (χ1) is 10.2. The molecule has 0 bridgehead atoms. The van der Waals surface area contributed by atoms with Crippen LogP contribution in [0.3, 0.4) is 0 Å². The molecule has 0 aliphatic rings. The van der Waals surface area contributed by atoms with E-state index in [0.717, 1.165) is 24.0 Å². The molecular weight excluding hydrogens is 258 g/mol. The minimum absolute atomic E-state index is 0.390. The van der Waals surface area contributed by atoms with E-state index < -0.39 is 0 Å². The fourth-order valence-electron chi connectivity index (χ4n) is 2.82. The van der Waals surface area contributed by atoms with Gasteiger partial charge in [-0.1, -0.05) is 60.7 Å². The van der Waals surface area contributed by atoms with Crippen molar-refractivity contribution in [2.45, 2.75) is 13.1 Å². The standard InChI is InChI=1S/C19H19NO/c1-20(13-15-7-3-2-4-8-15)14-18-17-10-6-5-9-16(17)11-12-19(18)21/h2-12,21H,13-14H2,1H3/p+1. The summed E-state index contributed by atoms with van der Waals surface area (Å²) in [5.41, 5.74) is 2.34. The van der Waals surface area contributed by atoms with Crippen LogP contribution < -0.4 is 4.90 Å². The lowest BCUT2D eigenvalue weighted by Crippen LogP contribution is -3.06. The van der Waals surface area contributed by atoms with Crippen LogP contribution >= 0.6 is 0 Å². The summed E-state index contributed by atoms with van der Waals surface area (Å²) in [6.45, 7) is 1.76. The zero-order valence-electron chi connectivity index (χ0n) is 12.2. The molecular formula is C19H20NO+. The highest BCUT2D eigenvalue weighted by atomic mass is 16.3. The Labute approximate surface area is 125 Å². The molecule has 0 aromatic heterocycles. The average Bonchev–Trinajstić information content (AvgIpc) is 2.51. The number of quaternary nitrogens is 1. The minimum atomic E-state index is 0.390. The second-order valence-corrected chi connectivity index (χ2v) is 5.58. The summed E-state index contributed by atoms with van der Waals surface area (Å²) in [7, 11) is 2.16. The first-order valence-corrected chi connectivity index (χ1v) is 7.29. The maximum atomic E-state index is 10.2. The summed E-state index contributed by atoms with van der Waals surface area (Å²) in [6, 6.07) is 22.5. The molecule has 0 fully saturated rings. The monoisotopic (exact) mass is 278 g/mol. The zero-order valence-corrected chi connectivity index (χ0v) is 12.2. The molecule has 0 amide bonds. The molecule has 0 saturated heterocycles. The van der Waals surface area contributed by atoms with E-state index in [4.69, 9.17) is 0 Å². The molecule has 106 valence electrons. The predicted molar refractivity (Wildman–Crippen MR) is 86.3 cm³/mol. The van der Waals surface area contributed by atoms with Crippen molar-refractivity contribution < 1.29 is 10.0 Å². The van der Waals surface area contributed by atoms with Crippen LogP contribution in [-0.2, 0) is 13.1 Å². The molecule has 0 heterocycles. The van der Waals surface area contributed by atoms with E-state index in [2.05, 4.69) is 43.4 Å². The van der Waals surface area contributed by atoms with Crippen molar-refractivity contribution in [3.05, 3.63) is 77.9 Å². The highest BCUT2D eigenvalue weighted by Gasteiger charge is 2.12. The van der Waals surface area contributed by atoms with Gasteiger partial charge in [-0.2, -0.15) is 0 Å². The molecule has 0 saturated carbocycles. The second-order valence-electron chi connectivity index (χ2n) is 5.58. The maximum Gasteiger partial charge on any atom is 0.125 e. The summed E-state index contributed by atoms with van der Waals surface area (Å²) >= 11 is 0. The van der Waals surface area contributed by atoms with Crippen LogP contribution in [-0.4, -0.2) is 12.2 Å². The first-order valence-electron chi connectivity index (χ1n) is 7.29. The largest absolute Gasteiger partial charge is 0.507 e. The number of nitrogens with one attached hydrogen (secondary N) is 1. The normalized spacial score (nSPS) is 12.4. The summed E-state index contributed by atoms with van der Waals surface area (Å²) in [5.74, 6) is 0.390. The molecule has 0 radical (unpaired) electrons. The van der Waals surface area contributed by atoms with Crippen molar-refractivity contribution >= 4 is 10.8 Å². The van der Waals surface area contributed by atoms with Crippen LogP contribution in [0.5, 0.6) is 5.75 Å². The zero-order chi connectivity index (χ0) is 14.7. The van der Waals surface area contributed by atoms with Gasteiger partial charge in [0.1, 0.15) is 18.8 Å². The third-order valence-electron chi connectivity index (χ3n) is 3.84. The van der Waals surface area contributed by atoms with Gasteiger partial charge in [-0.25, -0.2) is 0 Å². The molecule has 2 N–H and O–H groups in total. The van der Waals surface area contributed by atoms with Crippen LogP contribution in [0.1, 0.15) is 11.1 Å².